The molecule has 1 aromatic rings. The highest BCUT2D eigenvalue weighted by molar-refractivity contribution is 6.33. The van der Waals surface area contributed by atoms with Gasteiger partial charge in [-0.2, -0.15) is 0 Å². The Balaban J connectivity index is 2.38. The summed E-state index contributed by atoms with van der Waals surface area (Å²) in [5.41, 5.74) is 6.21. The predicted molar refractivity (Wildman–Crippen MR) is 72.2 cm³/mol. The van der Waals surface area contributed by atoms with Crippen LogP contribution in [0.2, 0.25) is 5.02 Å². The van der Waals surface area contributed by atoms with E-state index in [2.05, 4.69) is 4.90 Å². The molecule has 0 spiro atoms. The van der Waals surface area contributed by atoms with E-state index in [1.165, 1.54) is 0 Å². The van der Waals surface area contributed by atoms with Crippen LogP contribution in [0.25, 0.3) is 0 Å². The van der Waals surface area contributed by atoms with Gasteiger partial charge in [0.15, 0.2) is 0 Å². The molecule has 0 radical (unpaired) electrons. The van der Waals surface area contributed by atoms with E-state index in [4.69, 9.17) is 17.3 Å². The molecule has 7 heteroatoms. The number of nitrogen functional groups attached to an aromatic ring is 1. The summed E-state index contributed by atoms with van der Waals surface area (Å²) in [7, 11) is 2.03. The molecule has 2 N–H and O–H groups in total. The molecule has 1 fully saturated rings. The normalized spacial score (nSPS) is 16.9. The number of halogens is 1. The van der Waals surface area contributed by atoms with Crippen LogP contribution < -0.4 is 10.6 Å². The van der Waals surface area contributed by atoms with Gasteiger partial charge in [0.2, 0.25) is 0 Å². The molecule has 1 saturated heterocycles. The summed E-state index contributed by atoms with van der Waals surface area (Å²) in [6.45, 7) is 3.25. The topological polar surface area (TPSA) is 75.6 Å². The number of nitrogens with two attached hydrogens (primary N) is 1. The smallest absolute Gasteiger partial charge is 0.316 e. The van der Waals surface area contributed by atoms with Crippen molar-refractivity contribution in [2.24, 2.45) is 0 Å². The Bertz CT molecular complexity index is 472. The van der Waals surface area contributed by atoms with E-state index in [0.717, 1.165) is 26.2 Å². The van der Waals surface area contributed by atoms with Gasteiger partial charge in [0.25, 0.3) is 0 Å². The van der Waals surface area contributed by atoms with Crippen molar-refractivity contribution in [2.45, 2.75) is 0 Å². The van der Waals surface area contributed by atoms with E-state index in [1.807, 2.05) is 11.9 Å². The number of rotatable bonds is 2. The summed E-state index contributed by atoms with van der Waals surface area (Å²) in [6, 6.07) is 3.28. The Labute approximate surface area is 110 Å². The van der Waals surface area contributed by atoms with Gasteiger partial charge in [-0.25, -0.2) is 0 Å². The SMILES string of the molecule is CN1CCN(c2ccc(Cl)c(N)c2[N+](=O)[O-])CC1. The lowest BCUT2D eigenvalue weighted by Gasteiger charge is -2.33. The lowest BCUT2D eigenvalue weighted by molar-refractivity contribution is -0.383. The highest BCUT2D eigenvalue weighted by atomic mass is 35.5. The number of nitrogens with zero attached hydrogens (tertiary/aromatic N) is 3. The minimum atomic E-state index is -0.463. The van der Waals surface area contributed by atoms with Gasteiger partial charge in [0, 0.05) is 26.2 Å². The number of piperazine rings is 1. The van der Waals surface area contributed by atoms with Crippen molar-refractivity contribution in [3.8, 4) is 0 Å². The first-order valence-electron chi connectivity index (χ1n) is 5.66. The van der Waals surface area contributed by atoms with Crippen LogP contribution >= 0.6 is 11.6 Å². The number of nitro benzene ring substituents is 1. The van der Waals surface area contributed by atoms with Crippen LogP contribution in [0.4, 0.5) is 17.1 Å². The first-order valence-corrected chi connectivity index (χ1v) is 6.04. The van der Waals surface area contributed by atoms with Gasteiger partial charge in [-0.15, -0.1) is 0 Å². The van der Waals surface area contributed by atoms with Crippen molar-refractivity contribution >= 4 is 28.7 Å². The Morgan fingerprint density at radius 2 is 1.94 bits per heavy atom. The number of likely N-dealkylation sites (N-methyl/N-ethyl adjacent to an activating group) is 1. The van der Waals surface area contributed by atoms with E-state index in [9.17, 15) is 10.1 Å². The Morgan fingerprint density at radius 3 is 2.50 bits per heavy atom. The molecule has 1 aliphatic rings. The number of anilines is 2. The molecule has 0 aromatic heterocycles. The quantitative estimate of drug-likeness (QED) is 0.502. The first-order chi connectivity index (χ1) is 8.50. The van der Waals surface area contributed by atoms with Gasteiger partial charge in [0.05, 0.1) is 9.95 Å². The Morgan fingerprint density at radius 1 is 1.33 bits per heavy atom. The van der Waals surface area contributed by atoms with Crippen LogP contribution in [0.5, 0.6) is 0 Å². The van der Waals surface area contributed by atoms with Gasteiger partial charge >= 0.3 is 5.69 Å². The fourth-order valence-corrected chi connectivity index (χ4v) is 2.22. The van der Waals surface area contributed by atoms with Gasteiger partial charge in [-0.05, 0) is 19.2 Å². The fourth-order valence-electron chi connectivity index (χ4n) is 2.07. The minimum Gasteiger partial charge on any atom is -0.392 e. The average molecular weight is 271 g/mol. The van der Waals surface area contributed by atoms with Crippen LogP contribution in [-0.2, 0) is 0 Å². The molecule has 6 nitrogen and oxygen atoms in total. The third-order valence-electron chi connectivity index (χ3n) is 3.17. The van der Waals surface area contributed by atoms with E-state index in [0.29, 0.717) is 5.69 Å². The summed E-state index contributed by atoms with van der Waals surface area (Å²) in [4.78, 5) is 14.8. The van der Waals surface area contributed by atoms with Gasteiger partial charge in [-0.1, -0.05) is 11.6 Å². The molecular formula is C11H15ClN4O2. The third kappa shape index (κ3) is 2.34. The monoisotopic (exact) mass is 270 g/mol. The number of hydrogen-bond acceptors (Lipinski definition) is 5. The van der Waals surface area contributed by atoms with E-state index >= 15 is 0 Å². The lowest BCUT2D eigenvalue weighted by Crippen LogP contribution is -2.44. The molecule has 0 aliphatic carbocycles. The Kier molecular flexibility index (Phi) is 3.58. The van der Waals surface area contributed by atoms with Crippen LogP contribution in [0.1, 0.15) is 0 Å². The van der Waals surface area contributed by atoms with Crippen molar-refractivity contribution in [1.29, 1.82) is 0 Å². The fraction of sp³-hybridized carbons (Fsp3) is 0.455. The maximum atomic E-state index is 11.1. The molecular weight excluding hydrogens is 256 g/mol. The van der Waals surface area contributed by atoms with Crippen LogP contribution in [-0.4, -0.2) is 43.0 Å². The second-order valence-electron chi connectivity index (χ2n) is 4.38. The first kappa shape index (κ1) is 12.9. The number of hydrogen-bond donors (Lipinski definition) is 1. The maximum Gasteiger partial charge on any atom is 0.316 e. The molecule has 0 unspecified atom stereocenters. The molecule has 1 aromatic carbocycles. The molecule has 0 atom stereocenters. The average Bonchev–Trinajstić information content (AvgIpc) is 2.33. The zero-order chi connectivity index (χ0) is 13.3. The van der Waals surface area contributed by atoms with Crippen molar-refractivity contribution in [2.75, 3.05) is 43.9 Å². The van der Waals surface area contributed by atoms with Crippen molar-refractivity contribution < 1.29 is 4.92 Å². The second kappa shape index (κ2) is 4.99. The molecule has 18 heavy (non-hydrogen) atoms. The van der Waals surface area contributed by atoms with Gasteiger partial charge in [-0.3, -0.25) is 10.1 Å². The van der Waals surface area contributed by atoms with Crippen molar-refractivity contribution in [3.63, 3.8) is 0 Å². The largest absolute Gasteiger partial charge is 0.392 e. The summed E-state index contributed by atoms with van der Waals surface area (Å²) in [6.07, 6.45) is 0. The second-order valence-corrected chi connectivity index (χ2v) is 4.78. The number of nitro groups is 1. The van der Waals surface area contributed by atoms with Crippen molar-refractivity contribution in [1.82, 2.24) is 4.90 Å². The molecule has 0 amide bonds. The Hall–Kier alpha value is -1.53. The minimum absolute atomic E-state index is 0.0399. The third-order valence-corrected chi connectivity index (χ3v) is 3.50. The van der Waals surface area contributed by atoms with Crippen LogP contribution in [0.15, 0.2) is 12.1 Å². The number of benzene rings is 1. The molecule has 0 bridgehead atoms. The maximum absolute atomic E-state index is 11.1. The van der Waals surface area contributed by atoms with Crippen molar-refractivity contribution in [3.05, 3.63) is 27.3 Å². The molecule has 2 rings (SSSR count). The highest BCUT2D eigenvalue weighted by Gasteiger charge is 2.26. The van der Waals surface area contributed by atoms with Gasteiger partial charge < -0.3 is 15.5 Å². The highest BCUT2D eigenvalue weighted by Crippen LogP contribution is 2.38. The summed E-state index contributed by atoms with van der Waals surface area (Å²) < 4.78 is 0. The van der Waals surface area contributed by atoms with Crippen LogP contribution in [0, 0.1) is 10.1 Å². The molecule has 0 saturated carbocycles. The zero-order valence-electron chi connectivity index (χ0n) is 10.1. The van der Waals surface area contributed by atoms with Gasteiger partial charge in [0.1, 0.15) is 11.4 Å². The lowest BCUT2D eigenvalue weighted by atomic mass is 10.2. The van der Waals surface area contributed by atoms with E-state index in [-0.39, 0.29) is 16.4 Å². The predicted octanol–water partition coefficient (Wildman–Crippen LogP) is 1.58. The summed E-state index contributed by atoms with van der Waals surface area (Å²) >= 11 is 5.84. The van der Waals surface area contributed by atoms with Crippen LogP contribution in [0.3, 0.4) is 0 Å². The molecule has 98 valence electrons. The molecule has 1 aliphatic heterocycles. The molecule has 1 heterocycles. The zero-order valence-corrected chi connectivity index (χ0v) is 10.9. The van der Waals surface area contributed by atoms with E-state index in [1.54, 1.807) is 12.1 Å². The standard InChI is InChI=1S/C11H15ClN4O2/c1-14-4-6-15(7-5-14)9-3-2-8(12)10(13)11(9)16(17)18/h2-3H,4-7,13H2,1H3. The summed E-state index contributed by atoms with van der Waals surface area (Å²) in [5, 5.41) is 11.4. The van der Waals surface area contributed by atoms with E-state index < -0.39 is 4.92 Å². The summed E-state index contributed by atoms with van der Waals surface area (Å²) in [5.74, 6) is 0.